The van der Waals surface area contributed by atoms with Gasteiger partial charge in [0.2, 0.25) is 5.95 Å². The minimum absolute atomic E-state index is 0.714. The third-order valence-electron chi connectivity index (χ3n) is 3.09. The smallest absolute Gasteiger partial charge is 0.225 e. The first kappa shape index (κ1) is 13.6. The summed E-state index contributed by atoms with van der Waals surface area (Å²) in [5, 5.41) is 4.34. The Morgan fingerprint density at radius 2 is 1.89 bits per heavy atom. The number of para-hydroxylation sites is 1. The molecule has 0 aliphatic heterocycles. The Morgan fingerprint density at radius 1 is 1.11 bits per heavy atom. The molecule has 2 rings (SSSR count). The van der Waals surface area contributed by atoms with Gasteiger partial charge in [0.05, 0.1) is 5.52 Å². The molecule has 0 aliphatic rings. The number of aromatic nitrogens is 2. The molecule has 0 atom stereocenters. The number of hydrogen-bond donors (Lipinski definition) is 1. The number of hydrogen-bond acceptors (Lipinski definition) is 4. The normalized spacial score (nSPS) is 10.7. The van der Waals surface area contributed by atoms with Gasteiger partial charge in [0.25, 0.3) is 0 Å². The Morgan fingerprint density at radius 3 is 2.58 bits per heavy atom. The summed E-state index contributed by atoms with van der Waals surface area (Å²) in [5.41, 5.74) is 0.998. The number of benzene rings is 1. The fourth-order valence-electron chi connectivity index (χ4n) is 2.22. The van der Waals surface area contributed by atoms with E-state index in [1.54, 1.807) is 0 Å². The van der Waals surface area contributed by atoms with Crippen molar-refractivity contribution in [2.24, 2.45) is 0 Å². The summed E-state index contributed by atoms with van der Waals surface area (Å²) in [6.07, 6.45) is 1.11. The van der Waals surface area contributed by atoms with Crippen LogP contribution in [-0.4, -0.2) is 29.6 Å². The van der Waals surface area contributed by atoms with E-state index in [1.807, 2.05) is 18.2 Å². The van der Waals surface area contributed by atoms with Crippen molar-refractivity contribution >= 4 is 22.7 Å². The molecule has 0 saturated heterocycles. The van der Waals surface area contributed by atoms with E-state index in [0.29, 0.717) is 5.95 Å². The van der Waals surface area contributed by atoms with Crippen molar-refractivity contribution in [3.8, 4) is 0 Å². The van der Waals surface area contributed by atoms with E-state index in [0.717, 1.165) is 42.8 Å². The highest BCUT2D eigenvalue weighted by atomic mass is 15.2. The number of nitrogens with zero attached hydrogens (tertiary/aromatic N) is 3. The molecule has 1 heterocycles. The van der Waals surface area contributed by atoms with Crippen molar-refractivity contribution in [1.82, 2.24) is 9.97 Å². The second-order valence-corrected chi connectivity index (χ2v) is 4.50. The van der Waals surface area contributed by atoms with Gasteiger partial charge in [-0.25, -0.2) is 4.98 Å². The summed E-state index contributed by atoms with van der Waals surface area (Å²) in [5.74, 6) is 1.75. The highest BCUT2D eigenvalue weighted by molar-refractivity contribution is 5.90. The van der Waals surface area contributed by atoms with E-state index in [2.05, 4.69) is 47.0 Å². The quantitative estimate of drug-likeness (QED) is 0.863. The lowest BCUT2D eigenvalue weighted by Gasteiger charge is -2.23. The second-order valence-electron chi connectivity index (χ2n) is 4.50. The Bertz CT molecular complexity index is 539. The molecule has 1 aromatic carbocycles. The van der Waals surface area contributed by atoms with Crippen molar-refractivity contribution in [2.75, 3.05) is 29.9 Å². The predicted molar refractivity (Wildman–Crippen MR) is 81.9 cm³/mol. The molecule has 0 spiro atoms. The van der Waals surface area contributed by atoms with Crippen LogP contribution in [0.3, 0.4) is 0 Å². The summed E-state index contributed by atoms with van der Waals surface area (Å²) >= 11 is 0. The molecule has 0 bridgehead atoms. The maximum absolute atomic E-state index is 4.68. The number of rotatable bonds is 6. The first-order valence-electron chi connectivity index (χ1n) is 7.05. The zero-order valence-electron chi connectivity index (χ0n) is 12.0. The molecule has 1 N–H and O–H groups in total. The van der Waals surface area contributed by atoms with E-state index >= 15 is 0 Å². The average molecular weight is 258 g/mol. The molecule has 4 nitrogen and oxygen atoms in total. The second kappa shape index (κ2) is 6.36. The minimum atomic E-state index is 0.714. The molecule has 19 heavy (non-hydrogen) atoms. The number of anilines is 2. The maximum atomic E-state index is 4.68. The van der Waals surface area contributed by atoms with Crippen molar-refractivity contribution in [1.29, 1.82) is 0 Å². The van der Waals surface area contributed by atoms with Gasteiger partial charge in [0, 0.05) is 25.0 Å². The van der Waals surface area contributed by atoms with Crippen LogP contribution in [0.4, 0.5) is 11.8 Å². The van der Waals surface area contributed by atoms with E-state index in [-0.39, 0.29) is 0 Å². The van der Waals surface area contributed by atoms with Crippen LogP contribution in [0.2, 0.25) is 0 Å². The Hall–Kier alpha value is -1.84. The maximum Gasteiger partial charge on any atom is 0.225 e. The lowest BCUT2D eigenvalue weighted by molar-refractivity contribution is 0.781. The summed E-state index contributed by atoms with van der Waals surface area (Å²) in [4.78, 5) is 11.5. The summed E-state index contributed by atoms with van der Waals surface area (Å²) in [6, 6.07) is 8.20. The third kappa shape index (κ3) is 2.95. The van der Waals surface area contributed by atoms with Gasteiger partial charge in [-0.05, 0) is 32.4 Å². The molecule has 4 heteroatoms. The largest absolute Gasteiger partial charge is 0.356 e. The standard InChI is InChI=1S/C15H22N4/c1-4-11-19(6-3)14-12-9-7-8-10-13(12)17-15(18-14)16-5-2/h7-10H,4-6,11H2,1-3H3,(H,16,17,18). The lowest BCUT2D eigenvalue weighted by Crippen LogP contribution is -2.25. The first-order valence-corrected chi connectivity index (χ1v) is 7.05. The predicted octanol–water partition coefficient (Wildman–Crippen LogP) is 3.30. The van der Waals surface area contributed by atoms with Crippen LogP contribution in [0, 0.1) is 0 Å². The van der Waals surface area contributed by atoms with E-state index < -0.39 is 0 Å². The van der Waals surface area contributed by atoms with Gasteiger partial charge in [-0.3, -0.25) is 0 Å². The summed E-state index contributed by atoms with van der Waals surface area (Å²) in [7, 11) is 0. The van der Waals surface area contributed by atoms with Crippen molar-refractivity contribution in [2.45, 2.75) is 27.2 Å². The van der Waals surface area contributed by atoms with Crippen LogP contribution in [0.25, 0.3) is 10.9 Å². The molecular formula is C15H22N4. The monoisotopic (exact) mass is 258 g/mol. The van der Waals surface area contributed by atoms with Gasteiger partial charge >= 0.3 is 0 Å². The fraction of sp³-hybridized carbons (Fsp3) is 0.467. The highest BCUT2D eigenvalue weighted by Gasteiger charge is 2.12. The zero-order valence-corrected chi connectivity index (χ0v) is 12.0. The summed E-state index contributed by atoms with van der Waals surface area (Å²) < 4.78 is 0. The number of nitrogens with one attached hydrogen (secondary N) is 1. The molecule has 1 aromatic heterocycles. The molecule has 0 amide bonds. The average Bonchev–Trinajstić information content (AvgIpc) is 2.44. The van der Waals surface area contributed by atoms with E-state index in [4.69, 9.17) is 0 Å². The molecule has 0 unspecified atom stereocenters. The topological polar surface area (TPSA) is 41.1 Å². The van der Waals surface area contributed by atoms with Crippen LogP contribution in [0.15, 0.2) is 24.3 Å². The molecule has 0 fully saturated rings. The van der Waals surface area contributed by atoms with Crippen molar-refractivity contribution in [3.63, 3.8) is 0 Å². The molecular weight excluding hydrogens is 236 g/mol. The Balaban J connectivity index is 2.54. The van der Waals surface area contributed by atoms with Crippen LogP contribution < -0.4 is 10.2 Å². The van der Waals surface area contributed by atoms with E-state index in [1.165, 1.54) is 0 Å². The molecule has 0 aliphatic carbocycles. The number of fused-ring (bicyclic) bond motifs is 1. The van der Waals surface area contributed by atoms with Crippen LogP contribution >= 0.6 is 0 Å². The van der Waals surface area contributed by atoms with E-state index in [9.17, 15) is 0 Å². The highest BCUT2D eigenvalue weighted by Crippen LogP contribution is 2.25. The molecule has 102 valence electrons. The Kier molecular flexibility index (Phi) is 4.55. The summed E-state index contributed by atoms with van der Waals surface area (Å²) in [6.45, 7) is 9.22. The third-order valence-corrected chi connectivity index (χ3v) is 3.09. The van der Waals surface area contributed by atoms with Crippen molar-refractivity contribution in [3.05, 3.63) is 24.3 Å². The molecule has 2 aromatic rings. The minimum Gasteiger partial charge on any atom is -0.356 e. The molecule has 0 saturated carbocycles. The zero-order chi connectivity index (χ0) is 13.7. The van der Waals surface area contributed by atoms with Gasteiger partial charge in [-0.1, -0.05) is 19.1 Å². The van der Waals surface area contributed by atoms with Crippen LogP contribution in [-0.2, 0) is 0 Å². The van der Waals surface area contributed by atoms with Gasteiger partial charge in [0.15, 0.2) is 0 Å². The van der Waals surface area contributed by atoms with Gasteiger partial charge in [0.1, 0.15) is 5.82 Å². The van der Waals surface area contributed by atoms with Crippen molar-refractivity contribution < 1.29 is 0 Å². The molecule has 0 radical (unpaired) electrons. The van der Waals surface area contributed by atoms with Gasteiger partial charge < -0.3 is 10.2 Å². The van der Waals surface area contributed by atoms with Crippen LogP contribution in [0.1, 0.15) is 27.2 Å². The Labute approximate surface area is 114 Å². The fourth-order valence-corrected chi connectivity index (χ4v) is 2.22. The first-order chi connectivity index (χ1) is 9.30. The van der Waals surface area contributed by atoms with Crippen LogP contribution in [0.5, 0.6) is 0 Å². The van der Waals surface area contributed by atoms with Gasteiger partial charge in [-0.15, -0.1) is 0 Å². The lowest BCUT2D eigenvalue weighted by atomic mass is 10.2. The SMILES string of the molecule is CCCN(CC)c1nc(NCC)nc2ccccc12. The van der Waals surface area contributed by atoms with Gasteiger partial charge in [-0.2, -0.15) is 4.98 Å².